The van der Waals surface area contributed by atoms with Crippen LogP contribution in [0.5, 0.6) is 0 Å². The third-order valence-corrected chi connectivity index (χ3v) is 7.41. The number of nitrogens with zero attached hydrogens (tertiary/aromatic N) is 2. The van der Waals surface area contributed by atoms with E-state index in [1.807, 2.05) is 36.4 Å². The van der Waals surface area contributed by atoms with E-state index in [1.165, 1.54) is 4.31 Å². The molecule has 0 spiro atoms. The van der Waals surface area contributed by atoms with Crippen molar-refractivity contribution in [1.82, 2.24) is 9.29 Å². The minimum Gasteiger partial charge on any atom is -0.325 e. The van der Waals surface area contributed by atoms with Crippen LogP contribution in [0.2, 0.25) is 0 Å². The molecule has 7 heteroatoms. The molecule has 1 fully saturated rings. The van der Waals surface area contributed by atoms with Gasteiger partial charge >= 0.3 is 0 Å². The molecule has 2 heterocycles. The van der Waals surface area contributed by atoms with Crippen molar-refractivity contribution in [2.75, 3.05) is 11.9 Å². The predicted octanol–water partition coefficient (Wildman–Crippen LogP) is 3.85. The summed E-state index contributed by atoms with van der Waals surface area (Å²) < 4.78 is 27.6. The molecule has 1 saturated heterocycles. The lowest BCUT2D eigenvalue weighted by Crippen LogP contribution is -2.49. The largest absolute Gasteiger partial charge is 0.325 e. The molecule has 1 atom stereocenters. The molecule has 1 aromatic heterocycles. The van der Waals surface area contributed by atoms with Gasteiger partial charge in [0.05, 0.1) is 4.90 Å². The van der Waals surface area contributed by atoms with Crippen molar-refractivity contribution < 1.29 is 13.2 Å². The van der Waals surface area contributed by atoms with Gasteiger partial charge in [0.25, 0.3) is 0 Å². The van der Waals surface area contributed by atoms with E-state index >= 15 is 0 Å². The number of sulfonamides is 1. The van der Waals surface area contributed by atoms with Crippen LogP contribution >= 0.6 is 0 Å². The molecule has 1 unspecified atom stereocenters. The normalized spacial score (nSPS) is 17.2. The van der Waals surface area contributed by atoms with Gasteiger partial charge in [-0.15, -0.1) is 0 Å². The van der Waals surface area contributed by atoms with Crippen LogP contribution in [0.4, 0.5) is 5.69 Å². The van der Waals surface area contributed by atoms with Gasteiger partial charge < -0.3 is 5.32 Å². The molecular weight excluding hydrogens is 410 g/mol. The number of amides is 1. The third kappa shape index (κ3) is 5.00. The van der Waals surface area contributed by atoms with Gasteiger partial charge in [-0.2, -0.15) is 4.31 Å². The topological polar surface area (TPSA) is 79.4 Å². The van der Waals surface area contributed by atoms with Gasteiger partial charge in [0.15, 0.2) is 0 Å². The lowest BCUT2D eigenvalue weighted by Gasteiger charge is -2.33. The monoisotopic (exact) mass is 435 g/mol. The average molecular weight is 436 g/mol. The fourth-order valence-corrected chi connectivity index (χ4v) is 5.53. The van der Waals surface area contributed by atoms with Crippen LogP contribution in [-0.2, 0) is 21.2 Å². The summed E-state index contributed by atoms with van der Waals surface area (Å²) in [5, 5.41) is 2.90. The van der Waals surface area contributed by atoms with Crippen LogP contribution in [0.1, 0.15) is 30.4 Å². The Labute approximate surface area is 183 Å². The minimum atomic E-state index is -3.72. The van der Waals surface area contributed by atoms with Crippen molar-refractivity contribution in [3.8, 4) is 0 Å². The zero-order valence-electron chi connectivity index (χ0n) is 17.1. The highest BCUT2D eigenvalue weighted by atomic mass is 32.2. The molecule has 0 saturated carbocycles. The number of carbonyl (C=O) groups is 1. The maximum Gasteiger partial charge on any atom is 0.243 e. The molecular formula is C24H25N3O3S. The SMILES string of the molecule is O=C(Nc1ccc(Cc2ccncc2)cc1)C1CCCCN1S(=O)(=O)c1ccccc1. The standard InChI is InChI=1S/C24H25N3O3S/c28-24(26-21-11-9-19(10-12-21)18-20-13-15-25-16-14-20)23-8-4-5-17-27(23)31(29,30)22-6-2-1-3-7-22/h1-3,6-7,9-16,23H,4-5,8,17-18H2,(H,26,28). The van der Waals surface area contributed by atoms with E-state index in [4.69, 9.17) is 0 Å². The first-order valence-electron chi connectivity index (χ1n) is 10.4. The Hall–Kier alpha value is -3.03. The summed E-state index contributed by atoms with van der Waals surface area (Å²) in [6.45, 7) is 0.347. The molecule has 6 nitrogen and oxygen atoms in total. The lowest BCUT2D eigenvalue weighted by molar-refractivity contribution is -0.120. The molecule has 1 N–H and O–H groups in total. The molecule has 0 bridgehead atoms. The molecule has 4 rings (SSSR count). The van der Waals surface area contributed by atoms with Gasteiger partial charge in [0.2, 0.25) is 15.9 Å². The smallest absolute Gasteiger partial charge is 0.243 e. The summed E-state index contributed by atoms with van der Waals surface area (Å²) in [4.78, 5) is 17.3. The summed E-state index contributed by atoms with van der Waals surface area (Å²) in [6, 6.07) is 19.2. The number of carbonyl (C=O) groups excluding carboxylic acids is 1. The summed E-state index contributed by atoms with van der Waals surface area (Å²) in [6.07, 6.45) is 6.40. The van der Waals surface area contributed by atoms with Crippen molar-refractivity contribution in [3.63, 3.8) is 0 Å². The first kappa shape index (κ1) is 21.2. The van der Waals surface area contributed by atoms with Crippen LogP contribution in [0.3, 0.4) is 0 Å². The van der Waals surface area contributed by atoms with Crippen molar-refractivity contribution in [2.24, 2.45) is 0 Å². The number of anilines is 1. The molecule has 160 valence electrons. The van der Waals surface area contributed by atoms with E-state index < -0.39 is 16.1 Å². The Kier molecular flexibility index (Phi) is 6.44. The summed E-state index contributed by atoms with van der Waals surface area (Å²) in [5.74, 6) is -0.291. The molecule has 1 aliphatic heterocycles. The Morgan fingerprint density at radius 3 is 2.32 bits per heavy atom. The predicted molar refractivity (Wildman–Crippen MR) is 120 cm³/mol. The van der Waals surface area contributed by atoms with Crippen LogP contribution < -0.4 is 5.32 Å². The van der Waals surface area contributed by atoms with Crippen molar-refractivity contribution >= 4 is 21.6 Å². The maximum atomic E-state index is 13.1. The molecule has 1 aliphatic rings. The second-order valence-corrected chi connectivity index (χ2v) is 9.55. The van der Waals surface area contributed by atoms with E-state index in [0.717, 1.165) is 30.4 Å². The molecule has 3 aromatic rings. The lowest BCUT2D eigenvalue weighted by atomic mass is 10.0. The van der Waals surface area contributed by atoms with Crippen LogP contribution in [-0.4, -0.2) is 36.2 Å². The molecule has 0 aliphatic carbocycles. The second-order valence-electron chi connectivity index (χ2n) is 7.66. The van der Waals surface area contributed by atoms with Crippen molar-refractivity contribution in [1.29, 1.82) is 0 Å². The Morgan fingerprint density at radius 1 is 0.935 bits per heavy atom. The van der Waals surface area contributed by atoms with Gasteiger partial charge in [0, 0.05) is 24.6 Å². The number of hydrogen-bond donors (Lipinski definition) is 1. The van der Waals surface area contributed by atoms with E-state index in [9.17, 15) is 13.2 Å². The second kappa shape index (κ2) is 9.41. The average Bonchev–Trinajstić information content (AvgIpc) is 2.81. The molecule has 2 aromatic carbocycles. The van der Waals surface area contributed by atoms with Gasteiger partial charge in [-0.1, -0.05) is 36.8 Å². The Morgan fingerprint density at radius 2 is 1.61 bits per heavy atom. The summed E-state index contributed by atoms with van der Waals surface area (Å²) in [7, 11) is -3.72. The fraction of sp³-hybridized carbons (Fsp3) is 0.250. The number of nitrogens with one attached hydrogen (secondary N) is 1. The minimum absolute atomic E-state index is 0.218. The fourth-order valence-electron chi connectivity index (χ4n) is 3.85. The third-order valence-electron chi connectivity index (χ3n) is 5.49. The van der Waals surface area contributed by atoms with Crippen molar-refractivity contribution in [2.45, 2.75) is 36.6 Å². The molecule has 0 radical (unpaired) electrons. The maximum absolute atomic E-state index is 13.1. The van der Waals surface area contributed by atoms with Crippen LogP contribution in [0.15, 0.2) is 84.0 Å². The highest BCUT2D eigenvalue weighted by Crippen LogP contribution is 2.26. The van der Waals surface area contributed by atoms with Crippen LogP contribution in [0, 0.1) is 0 Å². The zero-order chi connectivity index (χ0) is 21.7. The Bertz CT molecular complexity index is 1120. The highest BCUT2D eigenvalue weighted by Gasteiger charge is 2.37. The molecule has 31 heavy (non-hydrogen) atoms. The summed E-state index contributed by atoms with van der Waals surface area (Å²) >= 11 is 0. The van der Waals surface area contributed by atoms with Gasteiger partial charge in [-0.3, -0.25) is 9.78 Å². The number of aromatic nitrogens is 1. The van der Waals surface area contributed by atoms with E-state index in [2.05, 4.69) is 10.3 Å². The number of rotatable bonds is 6. The number of benzene rings is 2. The number of pyridine rings is 1. The first-order valence-corrected chi connectivity index (χ1v) is 11.8. The first-order chi connectivity index (χ1) is 15.0. The highest BCUT2D eigenvalue weighted by molar-refractivity contribution is 7.89. The summed E-state index contributed by atoms with van der Waals surface area (Å²) in [5.41, 5.74) is 2.94. The van der Waals surface area contributed by atoms with E-state index in [0.29, 0.717) is 18.7 Å². The van der Waals surface area contributed by atoms with Crippen molar-refractivity contribution in [3.05, 3.63) is 90.3 Å². The Balaban J connectivity index is 1.46. The van der Waals surface area contributed by atoms with Gasteiger partial charge in [0.1, 0.15) is 6.04 Å². The quantitative estimate of drug-likeness (QED) is 0.638. The van der Waals surface area contributed by atoms with Crippen LogP contribution in [0.25, 0.3) is 0 Å². The van der Waals surface area contributed by atoms with Gasteiger partial charge in [-0.25, -0.2) is 8.42 Å². The zero-order valence-corrected chi connectivity index (χ0v) is 18.0. The van der Waals surface area contributed by atoms with E-state index in [1.54, 1.807) is 42.7 Å². The molecule has 1 amide bonds. The number of hydrogen-bond acceptors (Lipinski definition) is 4. The van der Waals surface area contributed by atoms with Gasteiger partial charge in [-0.05, 0) is 66.8 Å². The number of piperidine rings is 1. The van der Waals surface area contributed by atoms with E-state index in [-0.39, 0.29) is 10.8 Å².